The van der Waals surface area contributed by atoms with Gasteiger partial charge < -0.3 is 4.74 Å². The first-order valence-corrected chi connectivity index (χ1v) is 7.37. The lowest BCUT2D eigenvalue weighted by atomic mass is 9.91. The highest BCUT2D eigenvalue weighted by Gasteiger charge is 2.41. The predicted molar refractivity (Wildman–Crippen MR) is 75.7 cm³/mol. The average molecular weight is 311 g/mol. The molecule has 0 heterocycles. The fourth-order valence-electron chi connectivity index (χ4n) is 2.67. The molecule has 0 atom stereocenters. The van der Waals surface area contributed by atoms with Crippen molar-refractivity contribution in [2.75, 3.05) is 6.61 Å². The second-order valence-electron chi connectivity index (χ2n) is 4.86. The van der Waals surface area contributed by atoms with E-state index in [1.807, 2.05) is 31.2 Å². The zero-order valence-corrected chi connectivity index (χ0v) is 12.3. The van der Waals surface area contributed by atoms with E-state index < -0.39 is 5.60 Å². The van der Waals surface area contributed by atoms with Crippen molar-refractivity contribution in [3.63, 3.8) is 0 Å². The van der Waals surface area contributed by atoms with E-state index in [4.69, 9.17) is 4.74 Å². The highest BCUT2D eigenvalue weighted by molar-refractivity contribution is 9.10. The third-order valence-electron chi connectivity index (χ3n) is 3.62. The van der Waals surface area contributed by atoms with Crippen LogP contribution in [0.5, 0.6) is 0 Å². The van der Waals surface area contributed by atoms with Crippen LogP contribution in [0.2, 0.25) is 0 Å². The predicted octanol–water partition coefficient (Wildman–Crippen LogP) is 3.91. The van der Waals surface area contributed by atoms with Gasteiger partial charge in [-0.3, -0.25) is 4.79 Å². The minimum atomic E-state index is -0.498. The van der Waals surface area contributed by atoms with Crippen molar-refractivity contribution >= 4 is 21.7 Å². The third-order valence-corrected chi connectivity index (χ3v) is 4.15. The first-order chi connectivity index (χ1) is 8.66. The Bertz CT molecular complexity index is 405. The van der Waals surface area contributed by atoms with Gasteiger partial charge in [-0.05, 0) is 50.3 Å². The van der Waals surface area contributed by atoms with Gasteiger partial charge in [0.15, 0.2) is 5.78 Å². The Labute approximate surface area is 117 Å². The van der Waals surface area contributed by atoms with Gasteiger partial charge in [0, 0.05) is 17.5 Å². The molecule has 1 aromatic carbocycles. The Morgan fingerprint density at radius 2 is 1.89 bits per heavy atom. The number of carbonyl (C=O) groups excluding carboxylic acids is 1. The Balaban J connectivity index is 2.07. The summed E-state index contributed by atoms with van der Waals surface area (Å²) in [6.45, 7) is 2.58. The molecule has 98 valence electrons. The number of ether oxygens (including phenoxy) is 1. The second kappa shape index (κ2) is 5.98. The molecule has 0 N–H and O–H groups in total. The van der Waals surface area contributed by atoms with E-state index >= 15 is 0 Å². The molecule has 1 fully saturated rings. The lowest BCUT2D eigenvalue weighted by Gasteiger charge is -2.27. The minimum absolute atomic E-state index is 0.240. The van der Waals surface area contributed by atoms with E-state index in [1.165, 1.54) is 0 Å². The molecule has 0 aromatic heterocycles. The van der Waals surface area contributed by atoms with Gasteiger partial charge in [0.2, 0.25) is 0 Å². The van der Waals surface area contributed by atoms with Crippen LogP contribution in [0.15, 0.2) is 28.7 Å². The first kappa shape index (κ1) is 13.8. The van der Waals surface area contributed by atoms with E-state index in [9.17, 15) is 4.79 Å². The maximum absolute atomic E-state index is 12.5. The largest absolute Gasteiger partial charge is 0.367 e. The summed E-state index contributed by atoms with van der Waals surface area (Å²) in [5.74, 6) is 0.240. The van der Waals surface area contributed by atoms with Crippen molar-refractivity contribution in [1.29, 1.82) is 0 Å². The first-order valence-electron chi connectivity index (χ1n) is 6.58. The van der Waals surface area contributed by atoms with Gasteiger partial charge in [0.05, 0.1) is 0 Å². The summed E-state index contributed by atoms with van der Waals surface area (Å²) in [5, 5.41) is 0. The van der Waals surface area contributed by atoms with Crippen molar-refractivity contribution in [3.05, 3.63) is 34.3 Å². The molecule has 2 rings (SSSR count). The van der Waals surface area contributed by atoms with E-state index in [2.05, 4.69) is 15.9 Å². The molecule has 18 heavy (non-hydrogen) atoms. The van der Waals surface area contributed by atoms with E-state index in [0.29, 0.717) is 13.0 Å². The Morgan fingerprint density at radius 1 is 1.28 bits per heavy atom. The van der Waals surface area contributed by atoms with E-state index in [0.717, 1.165) is 35.7 Å². The van der Waals surface area contributed by atoms with Crippen LogP contribution >= 0.6 is 15.9 Å². The Kier molecular flexibility index (Phi) is 4.57. The molecular weight excluding hydrogens is 292 g/mol. The molecule has 0 aliphatic heterocycles. The number of rotatable bonds is 5. The monoisotopic (exact) mass is 310 g/mol. The zero-order chi connectivity index (χ0) is 13.0. The molecule has 0 spiro atoms. The molecule has 1 aliphatic carbocycles. The summed E-state index contributed by atoms with van der Waals surface area (Å²) in [7, 11) is 0. The van der Waals surface area contributed by atoms with Crippen LogP contribution < -0.4 is 0 Å². The summed E-state index contributed by atoms with van der Waals surface area (Å²) >= 11 is 3.40. The molecule has 0 bridgehead atoms. The molecule has 2 nitrogen and oxygen atoms in total. The van der Waals surface area contributed by atoms with Gasteiger partial charge in [-0.1, -0.05) is 28.1 Å². The van der Waals surface area contributed by atoms with Crippen LogP contribution in [0.4, 0.5) is 0 Å². The summed E-state index contributed by atoms with van der Waals surface area (Å²) in [5.41, 5.74) is 0.566. The molecule has 3 heteroatoms. The Hall–Kier alpha value is -0.670. The summed E-state index contributed by atoms with van der Waals surface area (Å²) in [4.78, 5) is 12.5. The molecule has 1 aromatic rings. The maximum Gasteiger partial charge on any atom is 0.168 e. The summed E-state index contributed by atoms with van der Waals surface area (Å²) in [6, 6.07) is 7.95. The van der Waals surface area contributed by atoms with Gasteiger partial charge >= 0.3 is 0 Å². The number of hydrogen-bond donors (Lipinski definition) is 0. The molecule has 0 unspecified atom stereocenters. The SMILES string of the molecule is CCOC1(C(=O)Cc2ccc(Br)cc2)CCCC1. The topological polar surface area (TPSA) is 26.3 Å². The molecule has 1 aliphatic rings. The summed E-state index contributed by atoms with van der Waals surface area (Å²) < 4.78 is 6.83. The normalized spacial score (nSPS) is 17.9. The van der Waals surface area contributed by atoms with Gasteiger partial charge in [-0.2, -0.15) is 0 Å². The van der Waals surface area contributed by atoms with Crippen LogP contribution in [-0.4, -0.2) is 18.0 Å². The quantitative estimate of drug-likeness (QED) is 0.824. The minimum Gasteiger partial charge on any atom is -0.367 e. The van der Waals surface area contributed by atoms with Gasteiger partial charge in [0.1, 0.15) is 5.60 Å². The second-order valence-corrected chi connectivity index (χ2v) is 5.78. The third kappa shape index (κ3) is 3.01. The number of Topliss-reactive ketones (excluding diaryl/α,β-unsaturated/α-hetero) is 1. The smallest absolute Gasteiger partial charge is 0.168 e. The molecule has 0 amide bonds. The number of halogens is 1. The van der Waals surface area contributed by atoms with Gasteiger partial charge in [0.25, 0.3) is 0 Å². The van der Waals surface area contributed by atoms with Gasteiger partial charge in [-0.25, -0.2) is 0 Å². The van der Waals surface area contributed by atoms with Crippen LogP contribution in [0.1, 0.15) is 38.2 Å². The van der Waals surface area contributed by atoms with Crippen LogP contribution in [0, 0.1) is 0 Å². The fourth-order valence-corrected chi connectivity index (χ4v) is 2.94. The lowest BCUT2D eigenvalue weighted by Crippen LogP contribution is -2.40. The fraction of sp³-hybridized carbons (Fsp3) is 0.533. The van der Waals surface area contributed by atoms with Crippen molar-refractivity contribution in [2.45, 2.75) is 44.6 Å². The maximum atomic E-state index is 12.5. The Morgan fingerprint density at radius 3 is 2.44 bits per heavy atom. The molecule has 0 saturated heterocycles. The van der Waals surface area contributed by atoms with Crippen molar-refractivity contribution in [1.82, 2.24) is 0 Å². The molecular formula is C15H19BrO2. The van der Waals surface area contributed by atoms with Crippen LogP contribution in [0.3, 0.4) is 0 Å². The molecule has 1 saturated carbocycles. The van der Waals surface area contributed by atoms with Crippen molar-refractivity contribution < 1.29 is 9.53 Å². The number of benzene rings is 1. The van der Waals surface area contributed by atoms with E-state index in [1.54, 1.807) is 0 Å². The van der Waals surface area contributed by atoms with Crippen molar-refractivity contribution in [3.8, 4) is 0 Å². The van der Waals surface area contributed by atoms with E-state index in [-0.39, 0.29) is 5.78 Å². The average Bonchev–Trinajstić information content (AvgIpc) is 2.82. The standard InChI is InChI=1S/C15H19BrO2/c1-2-18-15(9-3-4-10-15)14(17)11-12-5-7-13(16)8-6-12/h5-8H,2-4,9-11H2,1H3. The van der Waals surface area contributed by atoms with Crippen LogP contribution in [-0.2, 0) is 16.0 Å². The van der Waals surface area contributed by atoms with Crippen molar-refractivity contribution in [2.24, 2.45) is 0 Å². The summed E-state index contributed by atoms with van der Waals surface area (Å²) in [6.07, 6.45) is 4.46. The highest BCUT2D eigenvalue weighted by atomic mass is 79.9. The van der Waals surface area contributed by atoms with Crippen LogP contribution in [0.25, 0.3) is 0 Å². The zero-order valence-electron chi connectivity index (χ0n) is 10.7. The number of ketones is 1. The highest BCUT2D eigenvalue weighted by Crippen LogP contribution is 2.35. The molecule has 0 radical (unpaired) electrons. The van der Waals surface area contributed by atoms with Gasteiger partial charge in [-0.15, -0.1) is 0 Å². The number of carbonyl (C=O) groups is 1. The lowest BCUT2D eigenvalue weighted by molar-refractivity contribution is -0.142. The number of hydrogen-bond acceptors (Lipinski definition) is 2.